The van der Waals surface area contributed by atoms with E-state index in [0.717, 1.165) is 25.9 Å². The average Bonchev–Trinajstić information content (AvgIpc) is 2.14. The molecule has 0 saturated heterocycles. The molecular formula is C10H21NO2. The number of nitrogens with zero attached hydrogens (tertiary/aromatic N) is 1. The second kappa shape index (κ2) is 8.05. The van der Waals surface area contributed by atoms with E-state index in [9.17, 15) is 4.79 Å². The van der Waals surface area contributed by atoms with Gasteiger partial charge in [0.1, 0.15) is 0 Å². The maximum atomic E-state index is 11.2. The fourth-order valence-electron chi connectivity index (χ4n) is 1.11. The van der Waals surface area contributed by atoms with Crippen LogP contribution in [0.15, 0.2) is 0 Å². The standard InChI is InChI=1S/C10H21NO2/c1-4-7-11(6-3)9-10(12)13-8-5-2/h4-9H2,1-3H3. The number of hydrogen-bond donors (Lipinski definition) is 0. The summed E-state index contributed by atoms with van der Waals surface area (Å²) in [6.07, 6.45) is 1.97. The Morgan fingerprint density at radius 1 is 1.23 bits per heavy atom. The summed E-state index contributed by atoms with van der Waals surface area (Å²) in [5.41, 5.74) is 0. The molecule has 0 heterocycles. The third kappa shape index (κ3) is 6.58. The summed E-state index contributed by atoms with van der Waals surface area (Å²) >= 11 is 0. The molecule has 0 rings (SSSR count). The average molecular weight is 187 g/mol. The van der Waals surface area contributed by atoms with Crippen LogP contribution in [-0.2, 0) is 9.53 Å². The maximum Gasteiger partial charge on any atom is 0.320 e. The molecule has 0 unspecified atom stereocenters. The van der Waals surface area contributed by atoms with Gasteiger partial charge in [0, 0.05) is 0 Å². The van der Waals surface area contributed by atoms with Crippen molar-refractivity contribution in [1.29, 1.82) is 0 Å². The molecule has 0 saturated carbocycles. The van der Waals surface area contributed by atoms with Crippen LogP contribution in [0.4, 0.5) is 0 Å². The maximum absolute atomic E-state index is 11.2. The van der Waals surface area contributed by atoms with Gasteiger partial charge in [0.2, 0.25) is 0 Å². The molecule has 0 amide bonds. The van der Waals surface area contributed by atoms with Gasteiger partial charge in [-0.2, -0.15) is 0 Å². The van der Waals surface area contributed by atoms with Crippen LogP contribution in [0.5, 0.6) is 0 Å². The Hall–Kier alpha value is -0.570. The molecule has 0 fully saturated rings. The Morgan fingerprint density at radius 3 is 2.38 bits per heavy atom. The first-order valence-corrected chi connectivity index (χ1v) is 5.12. The monoisotopic (exact) mass is 187 g/mol. The van der Waals surface area contributed by atoms with E-state index in [1.54, 1.807) is 0 Å². The van der Waals surface area contributed by atoms with Gasteiger partial charge in [-0.05, 0) is 25.9 Å². The number of esters is 1. The highest BCUT2D eigenvalue weighted by Crippen LogP contribution is 1.92. The van der Waals surface area contributed by atoms with Gasteiger partial charge >= 0.3 is 5.97 Å². The lowest BCUT2D eigenvalue weighted by Gasteiger charge is -2.17. The van der Waals surface area contributed by atoms with E-state index in [0.29, 0.717) is 13.2 Å². The smallest absolute Gasteiger partial charge is 0.320 e. The van der Waals surface area contributed by atoms with Crippen molar-refractivity contribution in [3.8, 4) is 0 Å². The molecular weight excluding hydrogens is 166 g/mol. The van der Waals surface area contributed by atoms with Crippen molar-refractivity contribution in [3.05, 3.63) is 0 Å². The number of hydrogen-bond acceptors (Lipinski definition) is 3. The van der Waals surface area contributed by atoms with E-state index in [4.69, 9.17) is 4.74 Å². The predicted octanol–water partition coefficient (Wildman–Crippen LogP) is 1.67. The second-order valence-corrected chi connectivity index (χ2v) is 3.09. The zero-order valence-electron chi connectivity index (χ0n) is 9.01. The minimum atomic E-state index is -0.0999. The van der Waals surface area contributed by atoms with Crippen molar-refractivity contribution in [3.63, 3.8) is 0 Å². The van der Waals surface area contributed by atoms with Crippen molar-refractivity contribution in [2.45, 2.75) is 33.6 Å². The Morgan fingerprint density at radius 2 is 1.92 bits per heavy atom. The lowest BCUT2D eigenvalue weighted by atomic mass is 10.4. The molecule has 78 valence electrons. The summed E-state index contributed by atoms with van der Waals surface area (Å²) in [6.45, 7) is 9.03. The molecule has 0 radical (unpaired) electrons. The molecule has 0 aromatic heterocycles. The van der Waals surface area contributed by atoms with Gasteiger partial charge in [-0.1, -0.05) is 20.8 Å². The molecule has 0 aromatic carbocycles. The Bertz CT molecular complexity index is 137. The summed E-state index contributed by atoms with van der Waals surface area (Å²) < 4.78 is 4.99. The molecule has 0 aromatic rings. The van der Waals surface area contributed by atoms with Gasteiger partial charge < -0.3 is 4.74 Å². The molecule has 0 aliphatic heterocycles. The Kier molecular flexibility index (Phi) is 7.69. The summed E-state index contributed by atoms with van der Waals surface area (Å²) in [6, 6.07) is 0. The van der Waals surface area contributed by atoms with Crippen LogP contribution in [-0.4, -0.2) is 37.1 Å². The first kappa shape index (κ1) is 12.4. The topological polar surface area (TPSA) is 29.5 Å². The SMILES string of the molecule is CCCOC(=O)CN(CC)CCC. The van der Waals surface area contributed by atoms with Crippen LogP contribution in [0.3, 0.4) is 0 Å². The van der Waals surface area contributed by atoms with Crippen molar-refractivity contribution in [1.82, 2.24) is 4.90 Å². The number of likely N-dealkylation sites (N-methyl/N-ethyl adjacent to an activating group) is 1. The van der Waals surface area contributed by atoms with E-state index in [1.807, 2.05) is 6.92 Å². The van der Waals surface area contributed by atoms with Gasteiger partial charge in [-0.25, -0.2) is 0 Å². The van der Waals surface area contributed by atoms with Gasteiger partial charge in [0.25, 0.3) is 0 Å². The molecule has 13 heavy (non-hydrogen) atoms. The minimum Gasteiger partial charge on any atom is -0.465 e. The highest BCUT2D eigenvalue weighted by Gasteiger charge is 2.08. The molecule has 0 bridgehead atoms. The van der Waals surface area contributed by atoms with Crippen molar-refractivity contribution in [2.75, 3.05) is 26.2 Å². The lowest BCUT2D eigenvalue weighted by Crippen LogP contribution is -2.31. The van der Waals surface area contributed by atoms with Crippen LogP contribution in [0.1, 0.15) is 33.6 Å². The summed E-state index contributed by atoms with van der Waals surface area (Å²) in [7, 11) is 0. The van der Waals surface area contributed by atoms with Gasteiger partial charge in [-0.15, -0.1) is 0 Å². The lowest BCUT2D eigenvalue weighted by molar-refractivity contribution is -0.144. The van der Waals surface area contributed by atoms with Crippen molar-refractivity contribution in [2.24, 2.45) is 0 Å². The van der Waals surface area contributed by atoms with E-state index < -0.39 is 0 Å². The molecule has 0 atom stereocenters. The largest absolute Gasteiger partial charge is 0.465 e. The number of rotatable bonds is 7. The molecule has 3 heteroatoms. The fourth-order valence-corrected chi connectivity index (χ4v) is 1.11. The molecule has 0 aliphatic carbocycles. The minimum absolute atomic E-state index is 0.0999. The Balaban J connectivity index is 3.60. The van der Waals surface area contributed by atoms with E-state index in [2.05, 4.69) is 18.7 Å². The summed E-state index contributed by atoms with van der Waals surface area (Å²) in [4.78, 5) is 13.3. The number of carbonyl (C=O) groups excluding carboxylic acids is 1. The van der Waals surface area contributed by atoms with Gasteiger partial charge in [0.05, 0.1) is 13.2 Å². The fraction of sp³-hybridized carbons (Fsp3) is 0.900. The van der Waals surface area contributed by atoms with E-state index in [1.165, 1.54) is 0 Å². The van der Waals surface area contributed by atoms with Crippen molar-refractivity contribution < 1.29 is 9.53 Å². The normalized spacial score (nSPS) is 10.5. The molecule has 0 aliphatic rings. The van der Waals surface area contributed by atoms with Crippen LogP contribution in [0.25, 0.3) is 0 Å². The zero-order chi connectivity index (χ0) is 10.1. The van der Waals surface area contributed by atoms with E-state index >= 15 is 0 Å². The quantitative estimate of drug-likeness (QED) is 0.568. The van der Waals surface area contributed by atoms with Gasteiger partial charge in [0.15, 0.2) is 0 Å². The van der Waals surface area contributed by atoms with Gasteiger partial charge in [-0.3, -0.25) is 9.69 Å². The van der Waals surface area contributed by atoms with Crippen LogP contribution in [0.2, 0.25) is 0 Å². The van der Waals surface area contributed by atoms with Crippen LogP contribution >= 0.6 is 0 Å². The highest BCUT2D eigenvalue weighted by molar-refractivity contribution is 5.71. The molecule has 0 spiro atoms. The number of carbonyl (C=O) groups is 1. The Labute approximate surface area is 81.1 Å². The van der Waals surface area contributed by atoms with Crippen LogP contribution < -0.4 is 0 Å². The summed E-state index contributed by atoms with van der Waals surface area (Å²) in [5.74, 6) is -0.0999. The highest BCUT2D eigenvalue weighted by atomic mass is 16.5. The molecule has 0 N–H and O–H groups in total. The predicted molar refractivity (Wildman–Crippen MR) is 53.7 cm³/mol. The summed E-state index contributed by atoms with van der Waals surface area (Å²) in [5, 5.41) is 0. The number of ether oxygens (including phenoxy) is 1. The third-order valence-electron chi connectivity index (χ3n) is 1.81. The van der Waals surface area contributed by atoms with E-state index in [-0.39, 0.29) is 5.97 Å². The molecule has 3 nitrogen and oxygen atoms in total. The first-order valence-electron chi connectivity index (χ1n) is 5.12. The zero-order valence-corrected chi connectivity index (χ0v) is 9.01. The van der Waals surface area contributed by atoms with Crippen molar-refractivity contribution >= 4 is 5.97 Å². The third-order valence-corrected chi connectivity index (χ3v) is 1.81. The second-order valence-electron chi connectivity index (χ2n) is 3.09. The first-order chi connectivity index (χ1) is 6.24. The van der Waals surface area contributed by atoms with Crippen LogP contribution in [0, 0.1) is 0 Å².